The second-order valence-corrected chi connectivity index (χ2v) is 6.95. The van der Waals surface area contributed by atoms with E-state index < -0.39 is 11.4 Å². The molecule has 1 aliphatic rings. The van der Waals surface area contributed by atoms with E-state index >= 15 is 0 Å². The highest BCUT2D eigenvalue weighted by Crippen LogP contribution is 2.37. The highest BCUT2D eigenvalue weighted by molar-refractivity contribution is 5.81. The van der Waals surface area contributed by atoms with Crippen LogP contribution in [0.5, 0.6) is 0 Å². The maximum Gasteiger partial charge on any atom is 0.314 e. The average Bonchev–Trinajstić information content (AvgIpc) is 2.59. The zero-order valence-corrected chi connectivity index (χ0v) is 14.5. The molecule has 0 atom stereocenters. The van der Waals surface area contributed by atoms with Crippen LogP contribution in [0.3, 0.4) is 0 Å². The van der Waals surface area contributed by atoms with E-state index in [9.17, 15) is 9.90 Å². The van der Waals surface area contributed by atoms with Gasteiger partial charge >= 0.3 is 5.97 Å². The maximum absolute atomic E-state index is 12.1. The topological polar surface area (TPSA) is 40.5 Å². The number of benzene rings is 2. The number of hydrogen-bond acceptors (Lipinski definition) is 2. The third kappa shape index (κ3) is 3.22. The van der Waals surface area contributed by atoms with Crippen molar-refractivity contribution in [2.24, 2.45) is 0 Å². The van der Waals surface area contributed by atoms with E-state index in [0.717, 1.165) is 25.2 Å². The molecular formula is C21H25NO2. The fourth-order valence-electron chi connectivity index (χ4n) is 3.60. The molecule has 0 amide bonds. The maximum atomic E-state index is 12.1. The first-order valence-electron chi connectivity index (χ1n) is 8.59. The molecule has 1 fully saturated rings. The van der Waals surface area contributed by atoms with Gasteiger partial charge in [-0.25, -0.2) is 0 Å². The van der Waals surface area contributed by atoms with E-state index in [-0.39, 0.29) is 0 Å². The second-order valence-electron chi connectivity index (χ2n) is 6.95. The van der Waals surface area contributed by atoms with Gasteiger partial charge in [-0.05, 0) is 62.0 Å². The van der Waals surface area contributed by atoms with Crippen molar-refractivity contribution in [2.75, 3.05) is 13.1 Å². The number of likely N-dealkylation sites (tertiary alicyclic amines) is 1. The molecule has 1 aliphatic heterocycles. The zero-order chi connectivity index (χ0) is 17.2. The summed E-state index contributed by atoms with van der Waals surface area (Å²) in [6, 6.07) is 16.5. The number of rotatable bonds is 4. The van der Waals surface area contributed by atoms with Crippen molar-refractivity contribution in [1.29, 1.82) is 0 Å². The van der Waals surface area contributed by atoms with E-state index in [1.165, 1.54) is 16.7 Å². The van der Waals surface area contributed by atoms with Gasteiger partial charge in [-0.15, -0.1) is 0 Å². The Kier molecular flexibility index (Phi) is 4.72. The van der Waals surface area contributed by atoms with E-state index in [4.69, 9.17) is 0 Å². The highest BCUT2D eigenvalue weighted by atomic mass is 16.4. The molecule has 1 heterocycles. The van der Waals surface area contributed by atoms with Gasteiger partial charge in [0.25, 0.3) is 0 Å². The summed E-state index contributed by atoms with van der Waals surface area (Å²) in [4.78, 5) is 14.5. The molecule has 3 rings (SSSR count). The van der Waals surface area contributed by atoms with Crippen LogP contribution in [0.2, 0.25) is 0 Å². The summed E-state index contributed by atoms with van der Waals surface area (Å²) in [5, 5.41) is 9.96. The fraction of sp³-hybridized carbons (Fsp3) is 0.381. The van der Waals surface area contributed by atoms with Crippen molar-refractivity contribution >= 4 is 5.97 Å². The summed E-state index contributed by atoms with van der Waals surface area (Å²) in [5.41, 5.74) is 3.87. The molecule has 0 aliphatic carbocycles. The van der Waals surface area contributed by atoms with E-state index in [1.807, 2.05) is 18.2 Å². The van der Waals surface area contributed by atoms with Crippen LogP contribution < -0.4 is 0 Å². The summed E-state index contributed by atoms with van der Waals surface area (Å²) in [6.45, 7) is 6.64. The quantitative estimate of drug-likeness (QED) is 0.927. The SMILES string of the molecule is Cc1ccc(C2(C(=O)O)CCN(Cc3ccccc3)CC2)cc1C. The molecule has 126 valence electrons. The number of carbonyl (C=O) groups is 1. The van der Waals surface area contributed by atoms with E-state index in [0.29, 0.717) is 12.8 Å². The number of piperidine rings is 1. The number of carboxylic acids is 1. The largest absolute Gasteiger partial charge is 0.481 e. The summed E-state index contributed by atoms with van der Waals surface area (Å²) in [7, 11) is 0. The Labute approximate surface area is 143 Å². The van der Waals surface area contributed by atoms with Crippen molar-refractivity contribution in [3.8, 4) is 0 Å². The predicted octanol–water partition coefficient (Wildman–Crippen LogP) is 3.92. The Morgan fingerprint density at radius 3 is 2.29 bits per heavy atom. The lowest BCUT2D eigenvalue weighted by atomic mass is 9.72. The lowest BCUT2D eigenvalue weighted by Gasteiger charge is -2.39. The standard InChI is InChI=1S/C21H25NO2/c1-16-8-9-19(14-17(16)2)21(20(23)24)10-12-22(13-11-21)15-18-6-4-3-5-7-18/h3-9,14H,10-13,15H2,1-2H3,(H,23,24). The molecule has 0 radical (unpaired) electrons. The number of aryl methyl sites for hydroxylation is 2. The Morgan fingerprint density at radius 2 is 1.71 bits per heavy atom. The van der Waals surface area contributed by atoms with Crippen molar-refractivity contribution < 1.29 is 9.90 Å². The number of carboxylic acid groups (broad SMARTS) is 1. The monoisotopic (exact) mass is 323 g/mol. The van der Waals surface area contributed by atoms with Crippen molar-refractivity contribution in [3.63, 3.8) is 0 Å². The van der Waals surface area contributed by atoms with Crippen LogP contribution in [0.25, 0.3) is 0 Å². The number of aliphatic carboxylic acids is 1. The van der Waals surface area contributed by atoms with Crippen LogP contribution >= 0.6 is 0 Å². The van der Waals surface area contributed by atoms with Crippen LogP contribution in [0.15, 0.2) is 48.5 Å². The molecule has 2 aromatic carbocycles. The van der Waals surface area contributed by atoms with Gasteiger partial charge in [0.1, 0.15) is 0 Å². The van der Waals surface area contributed by atoms with Crippen LogP contribution in [0.1, 0.15) is 35.1 Å². The molecule has 0 bridgehead atoms. The second kappa shape index (κ2) is 6.78. The Hall–Kier alpha value is -2.13. The molecule has 3 nitrogen and oxygen atoms in total. The molecule has 2 aromatic rings. The minimum absolute atomic E-state index is 0.664. The molecule has 1 N–H and O–H groups in total. The van der Waals surface area contributed by atoms with Crippen molar-refractivity contribution in [1.82, 2.24) is 4.90 Å². The van der Waals surface area contributed by atoms with Crippen LogP contribution in [-0.4, -0.2) is 29.1 Å². The normalized spacial score (nSPS) is 17.6. The molecule has 24 heavy (non-hydrogen) atoms. The van der Waals surface area contributed by atoms with Gasteiger partial charge in [0.2, 0.25) is 0 Å². The minimum atomic E-state index is -0.744. The first-order valence-corrected chi connectivity index (χ1v) is 8.59. The molecule has 1 saturated heterocycles. The summed E-state index contributed by atoms with van der Waals surface area (Å²) in [6.07, 6.45) is 1.33. The smallest absolute Gasteiger partial charge is 0.314 e. The van der Waals surface area contributed by atoms with Crippen molar-refractivity contribution in [3.05, 3.63) is 70.8 Å². The minimum Gasteiger partial charge on any atom is -0.481 e. The van der Waals surface area contributed by atoms with Gasteiger partial charge in [-0.3, -0.25) is 9.69 Å². The van der Waals surface area contributed by atoms with Gasteiger partial charge < -0.3 is 5.11 Å². The van der Waals surface area contributed by atoms with E-state index in [1.54, 1.807) is 0 Å². The predicted molar refractivity (Wildman–Crippen MR) is 96.2 cm³/mol. The molecule has 3 heteroatoms. The highest BCUT2D eigenvalue weighted by Gasteiger charge is 2.43. The molecule has 0 saturated carbocycles. The first kappa shape index (κ1) is 16.7. The van der Waals surface area contributed by atoms with E-state index in [2.05, 4.69) is 49.1 Å². The molecule has 0 aromatic heterocycles. The third-order valence-corrected chi connectivity index (χ3v) is 5.43. The summed E-state index contributed by atoms with van der Waals surface area (Å²) < 4.78 is 0. The Morgan fingerprint density at radius 1 is 1.04 bits per heavy atom. The molecule has 0 spiro atoms. The van der Waals surface area contributed by atoms with Gasteiger partial charge in [0.05, 0.1) is 5.41 Å². The average molecular weight is 323 g/mol. The Bertz CT molecular complexity index is 716. The van der Waals surface area contributed by atoms with Crippen molar-refractivity contribution in [2.45, 2.75) is 38.6 Å². The zero-order valence-electron chi connectivity index (χ0n) is 14.5. The number of nitrogens with zero attached hydrogens (tertiary/aromatic N) is 1. The lowest BCUT2D eigenvalue weighted by molar-refractivity contribution is -0.146. The van der Waals surface area contributed by atoms with Gasteiger partial charge in [-0.2, -0.15) is 0 Å². The van der Waals surface area contributed by atoms with Gasteiger partial charge in [0.15, 0.2) is 0 Å². The molecular weight excluding hydrogens is 298 g/mol. The summed E-state index contributed by atoms with van der Waals surface area (Å²) in [5.74, 6) is -0.690. The molecule has 0 unspecified atom stereocenters. The van der Waals surface area contributed by atoms with Crippen LogP contribution in [-0.2, 0) is 16.8 Å². The van der Waals surface area contributed by atoms with Gasteiger partial charge in [0, 0.05) is 6.54 Å². The summed E-state index contributed by atoms with van der Waals surface area (Å²) >= 11 is 0. The van der Waals surface area contributed by atoms with Crippen LogP contribution in [0.4, 0.5) is 0 Å². The third-order valence-electron chi connectivity index (χ3n) is 5.43. The van der Waals surface area contributed by atoms with Crippen LogP contribution in [0, 0.1) is 13.8 Å². The first-order chi connectivity index (χ1) is 11.5. The fourth-order valence-corrected chi connectivity index (χ4v) is 3.60. The lowest BCUT2D eigenvalue weighted by Crippen LogP contribution is -2.47. The van der Waals surface area contributed by atoms with Gasteiger partial charge in [-0.1, -0.05) is 48.5 Å². The Balaban J connectivity index is 1.77. The number of hydrogen-bond donors (Lipinski definition) is 1.